The van der Waals surface area contributed by atoms with Crippen LogP contribution in [-0.4, -0.2) is 47.5 Å². The van der Waals surface area contributed by atoms with Crippen LogP contribution in [0.2, 0.25) is 0 Å². The van der Waals surface area contributed by atoms with Crippen LogP contribution in [0.25, 0.3) is 11.1 Å². The fourth-order valence-corrected chi connectivity index (χ4v) is 7.55. The maximum atomic E-state index is 14.9. The number of halogens is 2. The summed E-state index contributed by atoms with van der Waals surface area (Å²) in [5, 5.41) is 14.2. The molecule has 1 saturated carbocycles. The van der Waals surface area contributed by atoms with Crippen LogP contribution in [0.1, 0.15) is 74.5 Å². The maximum Gasteiger partial charge on any atom is 0.309 e. The van der Waals surface area contributed by atoms with Crippen LogP contribution in [0.4, 0.5) is 8.78 Å². The van der Waals surface area contributed by atoms with Gasteiger partial charge in [-0.05, 0) is 93.2 Å². The van der Waals surface area contributed by atoms with Gasteiger partial charge in [0.25, 0.3) is 0 Å². The summed E-state index contributed by atoms with van der Waals surface area (Å²) in [4.78, 5) is 20.1. The summed E-state index contributed by atoms with van der Waals surface area (Å²) in [5.74, 6) is -0.420. The molecule has 0 aromatic heterocycles. The number of nitrogens with zero attached hydrogens (tertiary/aromatic N) is 2. The lowest BCUT2D eigenvalue weighted by Gasteiger charge is -2.45. The lowest BCUT2D eigenvalue weighted by Crippen LogP contribution is -2.61. The van der Waals surface area contributed by atoms with Gasteiger partial charge in [-0.2, -0.15) is 0 Å². The van der Waals surface area contributed by atoms with Gasteiger partial charge in [-0.3, -0.25) is 9.69 Å². The topological polar surface area (TPSA) is 71.4 Å². The third-order valence-electron chi connectivity index (χ3n) is 10.1. The molecule has 8 heteroatoms. The van der Waals surface area contributed by atoms with Crippen LogP contribution in [0.3, 0.4) is 0 Å². The quantitative estimate of drug-likeness (QED) is 0.378. The summed E-state index contributed by atoms with van der Waals surface area (Å²) < 4.78 is 34.4. The molecule has 1 spiro atoms. The predicted octanol–water partition coefficient (Wildman–Crippen LogP) is 6.75. The maximum absolute atomic E-state index is 14.9. The Kier molecular flexibility index (Phi) is 6.09. The first kappa shape index (κ1) is 26.6. The summed E-state index contributed by atoms with van der Waals surface area (Å²) in [6, 6.07) is 5.96. The molecule has 2 aromatic carbocycles. The van der Waals surface area contributed by atoms with Gasteiger partial charge in [0.15, 0.2) is 5.60 Å². The van der Waals surface area contributed by atoms with Crippen molar-refractivity contribution in [3.8, 4) is 16.9 Å². The Bertz CT molecular complexity index is 1500. The molecule has 216 valence electrons. The van der Waals surface area contributed by atoms with Gasteiger partial charge < -0.3 is 14.7 Å². The van der Waals surface area contributed by atoms with Crippen LogP contribution < -0.4 is 4.74 Å². The number of carbonyl (C=O) groups is 1. The van der Waals surface area contributed by atoms with E-state index in [4.69, 9.17) is 9.57 Å². The van der Waals surface area contributed by atoms with Crippen LogP contribution in [0.5, 0.6) is 5.75 Å². The summed E-state index contributed by atoms with van der Waals surface area (Å²) in [5.41, 5.74) is 7.25. The highest BCUT2D eigenvalue weighted by Gasteiger charge is 2.54. The number of allylic oxidation sites excluding steroid dienone is 2. The molecule has 41 heavy (non-hydrogen) atoms. The van der Waals surface area contributed by atoms with Crippen LogP contribution >= 0.6 is 0 Å². The van der Waals surface area contributed by atoms with Crippen LogP contribution in [-0.2, 0) is 16.2 Å². The molecule has 2 aromatic rings. The third kappa shape index (κ3) is 4.46. The van der Waals surface area contributed by atoms with E-state index in [1.54, 1.807) is 7.11 Å². The number of ether oxygens (including phenoxy) is 1. The van der Waals surface area contributed by atoms with Crippen molar-refractivity contribution in [3.63, 3.8) is 0 Å². The Morgan fingerprint density at radius 3 is 2.49 bits per heavy atom. The number of methoxy groups -OCH3 is 1. The molecule has 1 saturated heterocycles. The second-order valence-corrected chi connectivity index (χ2v) is 13.1. The summed E-state index contributed by atoms with van der Waals surface area (Å²) in [6.45, 7) is 6.06. The van der Waals surface area contributed by atoms with Crippen molar-refractivity contribution < 1.29 is 28.3 Å². The van der Waals surface area contributed by atoms with Crippen molar-refractivity contribution in [2.75, 3.05) is 20.2 Å². The molecule has 0 atom stereocenters. The SMILES string of the molecule is COc1c(CN2CC3(CC(C4C5=C4CCC(C)(C(=O)O)CC5)=NO3)C2)cc(C2CC2)c(-c2ccc(F)cc2F)c1C. The van der Waals surface area contributed by atoms with E-state index in [-0.39, 0.29) is 11.5 Å². The number of carboxylic acid groups (broad SMARTS) is 1. The fraction of sp³-hybridized carbons (Fsp3) is 0.515. The molecule has 3 aliphatic carbocycles. The lowest BCUT2D eigenvalue weighted by molar-refractivity contribution is -0.148. The normalized spacial score (nSPS) is 23.0. The standard InChI is InChI=1S/C33H36F2N2O4/c1-18-28(24-7-6-21(34)13-26(24)35)25(19-4-5-19)12-20(30(18)40-3)15-37-16-33(17-37)14-27(36-41-33)29-22-8-10-32(2,31(38)39)11-9-23(22)29/h6-7,12-13,19,29H,4-5,8-11,14-17H2,1-3H3,(H,38,39). The van der Waals surface area contributed by atoms with Gasteiger partial charge in [0.1, 0.15) is 17.4 Å². The zero-order valence-corrected chi connectivity index (χ0v) is 23.9. The molecule has 2 heterocycles. The Balaban J connectivity index is 1.03. The largest absolute Gasteiger partial charge is 0.496 e. The van der Waals surface area contributed by atoms with E-state index >= 15 is 0 Å². The Morgan fingerprint density at radius 2 is 1.88 bits per heavy atom. The Labute approximate surface area is 239 Å². The zero-order valence-electron chi connectivity index (χ0n) is 23.9. The van der Waals surface area contributed by atoms with Crippen molar-refractivity contribution in [2.45, 2.75) is 76.9 Å². The van der Waals surface area contributed by atoms with Crippen molar-refractivity contribution >= 4 is 11.7 Å². The summed E-state index contributed by atoms with van der Waals surface area (Å²) in [6.07, 6.45) is 5.97. The molecule has 5 aliphatic rings. The number of oxime groups is 1. The minimum Gasteiger partial charge on any atom is -0.496 e. The van der Waals surface area contributed by atoms with E-state index in [0.29, 0.717) is 30.9 Å². The number of likely N-dealkylation sites (tertiary alicyclic amines) is 1. The third-order valence-corrected chi connectivity index (χ3v) is 10.1. The molecule has 0 unspecified atom stereocenters. The Morgan fingerprint density at radius 1 is 1.17 bits per heavy atom. The monoisotopic (exact) mass is 562 g/mol. The predicted molar refractivity (Wildman–Crippen MR) is 151 cm³/mol. The Hall–Kier alpha value is -3.26. The highest BCUT2D eigenvalue weighted by Crippen LogP contribution is 2.55. The smallest absolute Gasteiger partial charge is 0.309 e. The highest BCUT2D eigenvalue weighted by atomic mass is 19.1. The van der Waals surface area contributed by atoms with E-state index in [1.807, 2.05) is 13.8 Å². The molecular formula is C33H36F2N2O4. The van der Waals surface area contributed by atoms with Gasteiger partial charge in [0.2, 0.25) is 0 Å². The first-order chi connectivity index (χ1) is 19.6. The van der Waals surface area contributed by atoms with Crippen molar-refractivity contribution in [3.05, 3.63) is 63.7 Å². The molecule has 2 aliphatic heterocycles. The lowest BCUT2D eigenvalue weighted by atomic mass is 9.79. The molecule has 0 bridgehead atoms. The second kappa shape index (κ2) is 9.38. The van der Waals surface area contributed by atoms with Crippen molar-refractivity contribution in [1.29, 1.82) is 0 Å². The number of hydrogen-bond acceptors (Lipinski definition) is 5. The average Bonchev–Trinajstić information content (AvgIpc) is 3.82. The fourth-order valence-electron chi connectivity index (χ4n) is 7.55. The molecule has 1 N–H and O–H groups in total. The number of hydrogen-bond donors (Lipinski definition) is 1. The first-order valence-corrected chi connectivity index (χ1v) is 14.7. The minimum absolute atomic E-state index is 0.282. The van der Waals surface area contributed by atoms with Gasteiger partial charge in [0.05, 0.1) is 18.2 Å². The first-order valence-electron chi connectivity index (χ1n) is 14.7. The van der Waals surface area contributed by atoms with Crippen LogP contribution in [0, 0.1) is 29.9 Å². The molecule has 2 fully saturated rings. The van der Waals surface area contributed by atoms with E-state index in [2.05, 4.69) is 16.1 Å². The number of carboxylic acids is 1. The molecule has 7 rings (SSSR count). The number of rotatable bonds is 7. The van der Waals surface area contributed by atoms with E-state index in [9.17, 15) is 18.7 Å². The minimum atomic E-state index is -0.695. The molecule has 6 nitrogen and oxygen atoms in total. The second-order valence-electron chi connectivity index (χ2n) is 13.1. The van der Waals surface area contributed by atoms with Gasteiger partial charge in [-0.25, -0.2) is 8.78 Å². The molecular weight excluding hydrogens is 526 g/mol. The number of aliphatic carboxylic acids is 1. The molecule has 0 amide bonds. The van der Waals surface area contributed by atoms with Crippen LogP contribution in [0.15, 0.2) is 40.6 Å². The van der Waals surface area contributed by atoms with E-state index in [0.717, 1.165) is 85.0 Å². The van der Waals surface area contributed by atoms with Crippen molar-refractivity contribution in [2.24, 2.45) is 16.5 Å². The average molecular weight is 563 g/mol. The van der Waals surface area contributed by atoms with Gasteiger partial charge in [0, 0.05) is 49.2 Å². The summed E-state index contributed by atoms with van der Waals surface area (Å²) >= 11 is 0. The number of benzene rings is 2. The summed E-state index contributed by atoms with van der Waals surface area (Å²) in [7, 11) is 1.65. The van der Waals surface area contributed by atoms with Gasteiger partial charge >= 0.3 is 5.97 Å². The van der Waals surface area contributed by atoms with E-state index in [1.165, 1.54) is 23.3 Å². The highest BCUT2D eigenvalue weighted by molar-refractivity contribution is 5.98. The van der Waals surface area contributed by atoms with Crippen molar-refractivity contribution in [1.82, 2.24) is 4.90 Å². The van der Waals surface area contributed by atoms with Gasteiger partial charge in [-0.1, -0.05) is 16.3 Å². The van der Waals surface area contributed by atoms with Gasteiger partial charge in [-0.15, -0.1) is 0 Å². The zero-order chi connectivity index (χ0) is 28.7. The van der Waals surface area contributed by atoms with E-state index < -0.39 is 23.0 Å². The molecule has 0 radical (unpaired) electrons.